The van der Waals surface area contributed by atoms with Gasteiger partial charge in [0.05, 0.1) is 5.41 Å². The van der Waals surface area contributed by atoms with Crippen molar-refractivity contribution in [1.29, 1.82) is 0 Å². The van der Waals surface area contributed by atoms with Gasteiger partial charge in [-0.15, -0.1) is 0 Å². The molecule has 1 fully saturated rings. The van der Waals surface area contributed by atoms with Crippen molar-refractivity contribution in [1.82, 2.24) is 15.2 Å². The quantitative estimate of drug-likeness (QED) is 0.705. The van der Waals surface area contributed by atoms with Crippen LogP contribution >= 0.6 is 23.2 Å². The van der Waals surface area contributed by atoms with Crippen molar-refractivity contribution in [3.8, 4) is 11.4 Å². The molecule has 5 heteroatoms. The van der Waals surface area contributed by atoms with Crippen molar-refractivity contribution in [3.63, 3.8) is 0 Å². The van der Waals surface area contributed by atoms with Gasteiger partial charge in [-0.1, -0.05) is 53.9 Å². The zero-order valence-electron chi connectivity index (χ0n) is 12.4. The number of hydrogen-bond donors (Lipinski definition) is 1. The van der Waals surface area contributed by atoms with Gasteiger partial charge in [-0.3, -0.25) is 5.10 Å². The number of aromatic amines is 1. The van der Waals surface area contributed by atoms with Crippen LogP contribution in [-0.2, 0) is 5.41 Å². The van der Waals surface area contributed by atoms with E-state index in [1.165, 1.54) is 12.0 Å². The Balaban J connectivity index is 1.73. The molecule has 3 aromatic rings. The van der Waals surface area contributed by atoms with Crippen LogP contribution in [0, 0.1) is 0 Å². The van der Waals surface area contributed by atoms with Crippen LogP contribution in [0.1, 0.15) is 30.7 Å². The molecule has 0 saturated heterocycles. The van der Waals surface area contributed by atoms with Crippen LogP contribution in [0.5, 0.6) is 0 Å². The number of H-pyrrole nitrogens is 1. The molecule has 0 amide bonds. The van der Waals surface area contributed by atoms with Crippen LogP contribution in [0.25, 0.3) is 11.4 Å². The molecule has 0 aliphatic heterocycles. The molecule has 2 aromatic carbocycles. The van der Waals surface area contributed by atoms with E-state index in [9.17, 15) is 0 Å². The second kappa shape index (κ2) is 5.66. The first-order chi connectivity index (χ1) is 11.2. The van der Waals surface area contributed by atoms with Crippen molar-refractivity contribution < 1.29 is 0 Å². The number of aromatic nitrogens is 3. The molecule has 0 spiro atoms. The number of nitrogens with zero attached hydrogens (tertiary/aromatic N) is 2. The lowest BCUT2D eigenvalue weighted by atomic mass is 9.64. The summed E-state index contributed by atoms with van der Waals surface area (Å²) in [5.74, 6) is 1.60. The minimum atomic E-state index is -0.0750. The zero-order valence-corrected chi connectivity index (χ0v) is 13.9. The number of halogens is 2. The molecule has 0 radical (unpaired) electrons. The Morgan fingerprint density at radius 2 is 1.74 bits per heavy atom. The molecule has 23 heavy (non-hydrogen) atoms. The SMILES string of the molecule is Clc1ccc(C2(c3nc(-c4cccc(Cl)c4)n[nH]3)CCC2)cc1. The largest absolute Gasteiger partial charge is 0.262 e. The van der Waals surface area contributed by atoms with Gasteiger partial charge < -0.3 is 0 Å². The normalized spacial score (nSPS) is 16.1. The van der Waals surface area contributed by atoms with Crippen molar-refractivity contribution in [2.24, 2.45) is 0 Å². The monoisotopic (exact) mass is 343 g/mol. The molecule has 1 aromatic heterocycles. The van der Waals surface area contributed by atoms with E-state index in [0.29, 0.717) is 10.8 Å². The first kappa shape index (κ1) is 14.7. The maximum Gasteiger partial charge on any atom is 0.181 e. The Bertz CT molecular complexity index is 835. The summed E-state index contributed by atoms with van der Waals surface area (Å²) in [4.78, 5) is 4.76. The highest BCUT2D eigenvalue weighted by Crippen LogP contribution is 2.48. The Labute approximate surface area is 144 Å². The minimum absolute atomic E-state index is 0.0750. The van der Waals surface area contributed by atoms with Gasteiger partial charge >= 0.3 is 0 Å². The summed E-state index contributed by atoms with van der Waals surface area (Å²) in [6, 6.07) is 15.6. The smallest absolute Gasteiger partial charge is 0.181 e. The number of rotatable bonds is 3. The van der Waals surface area contributed by atoms with Crippen LogP contribution in [0.3, 0.4) is 0 Å². The Morgan fingerprint density at radius 1 is 0.957 bits per heavy atom. The predicted octanol–water partition coefficient (Wildman–Crippen LogP) is 5.25. The Kier molecular flexibility index (Phi) is 3.63. The van der Waals surface area contributed by atoms with E-state index in [-0.39, 0.29) is 5.41 Å². The van der Waals surface area contributed by atoms with Gasteiger partial charge in [-0.25, -0.2) is 4.98 Å². The van der Waals surface area contributed by atoms with Crippen LogP contribution in [0.15, 0.2) is 48.5 Å². The van der Waals surface area contributed by atoms with Crippen molar-refractivity contribution >= 4 is 23.2 Å². The van der Waals surface area contributed by atoms with Crippen molar-refractivity contribution in [2.45, 2.75) is 24.7 Å². The summed E-state index contributed by atoms with van der Waals surface area (Å²) in [6.45, 7) is 0. The molecule has 0 atom stereocenters. The van der Waals surface area contributed by atoms with Gasteiger partial charge in [0.2, 0.25) is 0 Å². The van der Waals surface area contributed by atoms with Crippen LogP contribution in [0.4, 0.5) is 0 Å². The Hall–Kier alpha value is -1.84. The molecule has 116 valence electrons. The first-order valence-electron chi connectivity index (χ1n) is 7.62. The standard InChI is InChI=1S/C18H15Cl2N3/c19-14-7-5-13(6-8-14)18(9-2-10-18)17-21-16(22-23-17)12-3-1-4-15(20)11-12/h1,3-8,11H,2,9-10H2,(H,21,22,23). The molecular formula is C18H15Cl2N3. The summed E-state index contributed by atoms with van der Waals surface area (Å²) in [5.41, 5.74) is 2.08. The molecule has 1 aliphatic rings. The summed E-state index contributed by atoms with van der Waals surface area (Å²) in [7, 11) is 0. The maximum atomic E-state index is 6.06. The average molecular weight is 344 g/mol. The van der Waals surface area contributed by atoms with E-state index in [4.69, 9.17) is 28.2 Å². The molecular weight excluding hydrogens is 329 g/mol. The molecule has 1 N–H and O–H groups in total. The second-order valence-electron chi connectivity index (χ2n) is 5.96. The molecule has 4 rings (SSSR count). The third-order valence-corrected chi connectivity index (χ3v) is 5.11. The van der Waals surface area contributed by atoms with E-state index < -0.39 is 0 Å². The van der Waals surface area contributed by atoms with E-state index >= 15 is 0 Å². The third kappa shape index (κ3) is 2.54. The van der Waals surface area contributed by atoms with Crippen molar-refractivity contribution in [3.05, 3.63) is 70.0 Å². The van der Waals surface area contributed by atoms with Crippen LogP contribution in [0.2, 0.25) is 10.0 Å². The van der Waals surface area contributed by atoms with Crippen LogP contribution in [-0.4, -0.2) is 15.2 Å². The minimum Gasteiger partial charge on any atom is -0.262 e. The van der Waals surface area contributed by atoms with Crippen LogP contribution < -0.4 is 0 Å². The predicted molar refractivity (Wildman–Crippen MR) is 92.9 cm³/mol. The van der Waals surface area contributed by atoms with Crippen molar-refractivity contribution in [2.75, 3.05) is 0 Å². The Morgan fingerprint density at radius 3 is 2.39 bits per heavy atom. The van der Waals surface area contributed by atoms with Gasteiger partial charge in [-0.05, 0) is 42.7 Å². The maximum absolute atomic E-state index is 6.06. The first-order valence-corrected chi connectivity index (χ1v) is 8.38. The zero-order chi connectivity index (χ0) is 15.9. The van der Waals surface area contributed by atoms with E-state index in [1.807, 2.05) is 36.4 Å². The van der Waals surface area contributed by atoms with Gasteiger partial charge in [-0.2, -0.15) is 5.10 Å². The van der Waals surface area contributed by atoms with E-state index in [2.05, 4.69) is 22.3 Å². The summed E-state index contributed by atoms with van der Waals surface area (Å²) in [5, 5.41) is 8.98. The highest BCUT2D eigenvalue weighted by Gasteiger charge is 2.43. The third-order valence-electron chi connectivity index (χ3n) is 4.63. The fourth-order valence-electron chi connectivity index (χ4n) is 3.19. The van der Waals surface area contributed by atoms with Gasteiger partial charge in [0.1, 0.15) is 5.82 Å². The highest BCUT2D eigenvalue weighted by atomic mass is 35.5. The lowest BCUT2D eigenvalue weighted by Crippen LogP contribution is -2.36. The molecule has 3 nitrogen and oxygen atoms in total. The summed E-state index contributed by atoms with van der Waals surface area (Å²) in [6.07, 6.45) is 3.33. The van der Waals surface area contributed by atoms with Gasteiger partial charge in [0, 0.05) is 15.6 Å². The lowest BCUT2D eigenvalue weighted by Gasteiger charge is -2.40. The summed E-state index contributed by atoms with van der Waals surface area (Å²) < 4.78 is 0. The number of benzene rings is 2. The average Bonchev–Trinajstić information content (AvgIpc) is 2.98. The fourth-order valence-corrected chi connectivity index (χ4v) is 3.51. The number of hydrogen-bond acceptors (Lipinski definition) is 2. The van der Waals surface area contributed by atoms with Gasteiger partial charge in [0.25, 0.3) is 0 Å². The summed E-state index contributed by atoms with van der Waals surface area (Å²) >= 11 is 12.1. The molecule has 0 unspecified atom stereocenters. The molecule has 1 saturated carbocycles. The second-order valence-corrected chi connectivity index (χ2v) is 6.83. The van der Waals surface area contributed by atoms with E-state index in [0.717, 1.165) is 29.3 Å². The molecule has 1 aliphatic carbocycles. The lowest BCUT2D eigenvalue weighted by molar-refractivity contribution is 0.286. The number of nitrogens with one attached hydrogen (secondary N) is 1. The topological polar surface area (TPSA) is 41.6 Å². The molecule has 1 heterocycles. The highest BCUT2D eigenvalue weighted by molar-refractivity contribution is 6.31. The van der Waals surface area contributed by atoms with Gasteiger partial charge in [0.15, 0.2) is 5.82 Å². The fraction of sp³-hybridized carbons (Fsp3) is 0.222. The molecule has 0 bridgehead atoms. The van der Waals surface area contributed by atoms with E-state index in [1.54, 1.807) is 0 Å².